The molecule has 0 aromatic carbocycles. The summed E-state index contributed by atoms with van der Waals surface area (Å²) in [6.45, 7) is 8.94. The van der Waals surface area contributed by atoms with Crippen molar-refractivity contribution < 1.29 is 14.6 Å². The Bertz CT molecular complexity index is 300. The Morgan fingerprint density at radius 3 is 2.53 bits per heavy atom. The normalized spacial score (nSPS) is 26.5. The monoisotopic (exact) mass is 270 g/mol. The van der Waals surface area contributed by atoms with E-state index in [1.807, 2.05) is 18.7 Å². The fraction of sp³-hybridized carbons (Fsp3) is 0.929. The van der Waals surface area contributed by atoms with Crippen LogP contribution in [0.5, 0.6) is 0 Å². The Hall–Kier alpha value is -0.650. The second-order valence-corrected chi connectivity index (χ2v) is 6.33. The van der Waals surface area contributed by atoms with Crippen LogP contribution in [0.4, 0.5) is 0 Å². The summed E-state index contributed by atoms with van der Waals surface area (Å²) in [7, 11) is 0. The first-order valence-corrected chi connectivity index (χ1v) is 7.27. The Labute approximate surface area is 115 Å². The Balaban J connectivity index is 1.77. The molecule has 5 heteroatoms. The van der Waals surface area contributed by atoms with Crippen molar-refractivity contribution in [2.45, 2.75) is 32.3 Å². The van der Waals surface area contributed by atoms with Crippen molar-refractivity contribution in [3.63, 3.8) is 0 Å². The molecular formula is C14H26N2O3. The lowest BCUT2D eigenvalue weighted by Gasteiger charge is -2.38. The highest BCUT2D eigenvalue weighted by Crippen LogP contribution is 2.18. The molecule has 1 amide bonds. The average Bonchev–Trinajstić information content (AvgIpc) is 2.38. The summed E-state index contributed by atoms with van der Waals surface area (Å²) in [5, 5.41) is 9.81. The van der Waals surface area contributed by atoms with Gasteiger partial charge in [0, 0.05) is 39.3 Å². The molecule has 2 heterocycles. The maximum atomic E-state index is 12.3. The number of β-amino-alcohol motifs (C(OH)–C–C–N with tert-alkyl or cyclic N) is 1. The summed E-state index contributed by atoms with van der Waals surface area (Å²) < 4.78 is 5.39. The SMILES string of the molecule is CC(C)(O)CN1CCN(C(=O)C2CCCOC2)CC1. The van der Waals surface area contributed by atoms with E-state index in [0.717, 1.165) is 45.6 Å². The molecule has 2 saturated heterocycles. The first-order valence-electron chi connectivity index (χ1n) is 7.27. The van der Waals surface area contributed by atoms with Gasteiger partial charge in [0.1, 0.15) is 0 Å². The van der Waals surface area contributed by atoms with Crippen molar-refractivity contribution in [3.8, 4) is 0 Å². The van der Waals surface area contributed by atoms with Gasteiger partial charge in [0.15, 0.2) is 0 Å². The van der Waals surface area contributed by atoms with E-state index >= 15 is 0 Å². The van der Waals surface area contributed by atoms with Gasteiger partial charge in [0.25, 0.3) is 0 Å². The Morgan fingerprint density at radius 2 is 2.00 bits per heavy atom. The van der Waals surface area contributed by atoms with Crippen LogP contribution in [0.1, 0.15) is 26.7 Å². The van der Waals surface area contributed by atoms with Crippen molar-refractivity contribution in [1.29, 1.82) is 0 Å². The third-order valence-corrected chi connectivity index (χ3v) is 3.80. The minimum Gasteiger partial charge on any atom is -0.389 e. The van der Waals surface area contributed by atoms with Gasteiger partial charge in [-0.3, -0.25) is 9.69 Å². The molecule has 1 atom stereocenters. The zero-order valence-corrected chi connectivity index (χ0v) is 12.1. The summed E-state index contributed by atoms with van der Waals surface area (Å²) in [5.74, 6) is 0.317. The standard InChI is InChI=1S/C14H26N2O3/c1-14(2,18)11-15-5-7-16(8-6-15)13(17)12-4-3-9-19-10-12/h12,18H,3-11H2,1-2H3. The lowest BCUT2D eigenvalue weighted by atomic mass is 10.00. The molecule has 0 aromatic heterocycles. The fourth-order valence-electron chi connectivity index (χ4n) is 2.87. The maximum absolute atomic E-state index is 12.3. The minimum absolute atomic E-state index is 0.0644. The van der Waals surface area contributed by atoms with Gasteiger partial charge in [-0.2, -0.15) is 0 Å². The predicted octanol–water partition coefficient (Wildman–Crippen LogP) is 0.328. The van der Waals surface area contributed by atoms with E-state index in [4.69, 9.17) is 4.74 Å². The van der Waals surface area contributed by atoms with E-state index in [2.05, 4.69) is 4.90 Å². The highest BCUT2D eigenvalue weighted by atomic mass is 16.5. The highest BCUT2D eigenvalue weighted by Gasteiger charge is 2.30. The Kier molecular flexibility index (Phi) is 4.81. The van der Waals surface area contributed by atoms with Crippen LogP contribution in [0.2, 0.25) is 0 Å². The quantitative estimate of drug-likeness (QED) is 0.803. The summed E-state index contributed by atoms with van der Waals surface area (Å²) in [4.78, 5) is 16.5. The third kappa shape index (κ3) is 4.44. The minimum atomic E-state index is -0.663. The second-order valence-electron chi connectivity index (χ2n) is 6.33. The number of carbonyl (C=O) groups excluding carboxylic acids is 1. The third-order valence-electron chi connectivity index (χ3n) is 3.80. The van der Waals surface area contributed by atoms with Crippen LogP contribution in [-0.2, 0) is 9.53 Å². The number of carbonyl (C=O) groups is 1. The van der Waals surface area contributed by atoms with Gasteiger partial charge in [-0.1, -0.05) is 0 Å². The van der Waals surface area contributed by atoms with E-state index < -0.39 is 5.60 Å². The van der Waals surface area contributed by atoms with E-state index in [9.17, 15) is 9.90 Å². The molecule has 2 aliphatic heterocycles. The molecule has 0 aliphatic carbocycles. The van der Waals surface area contributed by atoms with E-state index in [0.29, 0.717) is 13.2 Å². The molecule has 2 rings (SSSR count). The average molecular weight is 270 g/mol. The first kappa shape index (κ1) is 14.8. The van der Waals surface area contributed by atoms with Crippen molar-refractivity contribution in [3.05, 3.63) is 0 Å². The molecule has 0 saturated carbocycles. The number of ether oxygens (including phenoxy) is 1. The number of rotatable bonds is 3. The molecule has 0 bridgehead atoms. The van der Waals surface area contributed by atoms with Crippen LogP contribution in [0, 0.1) is 5.92 Å². The first-order chi connectivity index (χ1) is 8.96. The van der Waals surface area contributed by atoms with Gasteiger partial charge in [-0.15, -0.1) is 0 Å². The smallest absolute Gasteiger partial charge is 0.228 e. The number of amides is 1. The number of nitrogens with zero attached hydrogens (tertiary/aromatic N) is 2. The van der Waals surface area contributed by atoms with Crippen LogP contribution >= 0.6 is 0 Å². The van der Waals surface area contributed by atoms with E-state index in [-0.39, 0.29) is 11.8 Å². The zero-order valence-electron chi connectivity index (χ0n) is 12.1. The molecule has 110 valence electrons. The molecule has 0 aromatic rings. The maximum Gasteiger partial charge on any atom is 0.228 e. The predicted molar refractivity (Wildman–Crippen MR) is 72.9 cm³/mol. The van der Waals surface area contributed by atoms with Gasteiger partial charge in [0.05, 0.1) is 18.1 Å². The lowest BCUT2D eigenvalue weighted by molar-refractivity contribution is -0.141. The topological polar surface area (TPSA) is 53.0 Å². The van der Waals surface area contributed by atoms with Crippen molar-refractivity contribution in [2.75, 3.05) is 45.9 Å². The highest BCUT2D eigenvalue weighted by molar-refractivity contribution is 5.79. The van der Waals surface area contributed by atoms with Crippen LogP contribution in [0.15, 0.2) is 0 Å². The lowest BCUT2D eigenvalue weighted by Crippen LogP contribution is -2.53. The molecule has 1 N–H and O–H groups in total. The van der Waals surface area contributed by atoms with Gasteiger partial charge in [0.2, 0.25) is 5.91 Å². The van der Waals surface area contributed by atoms with Crippen molar-refractivity contribution >= 4 is 5.91 Å². The zero-order chi connectivity index (χ0) is 13.9. The number of piperazine rings is 1. The van der Waals surface area contributed by atoms with E-state index in [1.165, 1.54) is 0 Å². The molecule has 2 aliphatic rings. The number of aliphatic hydroxyl groups is 1. The summed E-state index contributed by atoms with van der Waals surface area (Å²) in [5.41, 5.74) is -0.663. The van der Waals surface area contributed by atoms with Crippen LogP contribution in [-0.4, -0.2) is 72.4 Å². The van der Waals surface area contributed by atoms with Gasteiger partial charge >= 0.3 is 0 Å². The van der Waals surface area contributed by atoms with Crippen molar-refractivity contribution in [2.24, 2.45) is 5.92 Å². The van der Waals surface area contributed by atoms with Gasteiger partial charge in [-0.25, -0.2) is 0 Å². The Morgan fingerprint density at radius 1 is 1.32 bits per heavy atom. The largest absolute Gasteiger partial charge is 0.389 e. The van der Waals surface area contributed by atoms with E-state index in [1.54, 1.807) is 0 Å². The van der Waals surface area contributed by atoms with Crippen LogP contribution in [0.25, 0.3) is 0 Å². The second kappa shape index (κ2) is 6.20. The summed E-state index contributed by atoms with van der Waals surface area (Å²) in [6.07, 6.45) is 1.96. The van der Waals surface area contributed by atoms with Gasteiger partial charge < -0.3 is 14.7 Å². The molecule has 5 nitrogen and oxygen atoms in total. The fourth-order valence-corrected chi connectivity index (χ4v) is 2.87. The summed E-state index contributed by atoms with van der Waals surface area (Å²) in [6, 6.07) is 0. The number of hydrogen-bond acceptors (Lipinski definition) is 4. The number of hydrogen-bond donors (Lipinski definition) is 1. The molecule has 0 spiro atoms. The molecule has 0 radical (unpaired) electrons. The molecule has 1 unspecified atom stereocenters. The molecule has 19 heavy (non-hydrogen) atoms. The summed E-state index contributed by atoms with van der Waals surface area (Å²) >= 11 is 0. The van der Waals surface area contributed by atoms with Crippen molar-refractivity contribution in [1.82, 2.24) is 9.80 Å². The molecule has 2 fully saturated rings. The van der Waals surface area contributed by atoms with Gasteiger partial charge in [-0.05, 0) is 26.7 Å². The molecular weight excluding hydrogens is 244 g/mol. The van der Waals surface area contributed by atoms with Crippen LogP contribution in [0.3, 0.4) is 0 Å². The van der Waals surface area contributed by atoms with Crippen LogP contribution < -0.4 is 0 Å².